The summed E-state index contributed by atoms with van der Waals surface area (Å²) in [5.74, 6) is 0.172. The van der Waals surface area contributed by atoms with Gasteiger partial charge in [0.05, 0.1) is 22.4 Å². The zero-order valence-electron chi connectivity index (χ0n) is 16.6. The van der Waals surface area contributed by atoms with Crippen molar-refractivity contribution in [3.8, 4) is 0 Å². The fraction of sp³-hybridized carbons (Fsp3) is 0.227. The number of benzene rings is 1. The minimum absolute atomic E-state index is 0.198. The van der Waals surface area contributed by atoms with Gasteiger partial charge in [-0.3, -0.25) is 9.36 Å². The Balaban J connectivity index is 1.95. The normalized spacial score (nSPS) is 16.4. The van der Waals surface area contributed by atoms with Crippen LogP contribution in [0.5, 0.6) is 0 Å². The number of hydrogen-bond donors (Lipinski definition) is 0. The maximum atomic E-state index is 13.6. The molecule has 0 bridgehead atoms. The predicted molar refractivity (Wildman–Crippen MR) is 110 cm³/mol. The highest BCUT2D eigenvalue weighted by Gasteiger charge is 2.35. The van der Waals surface area contributed by atoms with Gasteiger partial charge in [0.25, 0.3) is 5.56 Å². The summed E-state index contributed by atoms with van der Waals surface area (Å²) in [6.07, 6.45) is 1.61. The summed E-state index contributed by atoms with van der Waals surface area (Å²) in [7, 11) is 0. The number of rotatable bonds is 4. The fourth-order valence-electron chi connectivity index (χ4n) is 3.41. The molecule has 0 saturated carbocycles. The van der Waals surface area contributed by atoms with Crippen molar-refractivity contribution in [1.82, 2.24) is 4.57 Å². The molecule has 0 fully saturated rings. The first-order valence-corrected chi connectivity index (χ1v) is 10.2. The minimum atomic E-state index is -0.788. The summed E-state index contributed by atoms with van der Waals surface area (Å²) in [5, 5.41) is 0. The molecule has 8 heteroatoms. The third-order valence-electron chi connectivity index (χ3n) is 4.69. The topological polar surface area (TPSA) is 73.8 Å². The third-order valence-corrected chi connectivity index (χ3v) is 5.68. The van der Waals surface area contributed by atoms with E-state index in [1.807, 2.05) is 0 Å². The number of esters is 1. The zero-order chi connectivity index (χ0) is 21.4. The number of carbonyl (C=O) groups is 1. The van der Waals surface area contributed by atoms with Crippen LogP contribution >= 0.6 is 11.3 Å². The predicted octanol–water partition coefficient (Wildman–Crippen LogP) is 2.84. The lowest BCUT2D eigenvalue weighted by Crippen LogP contribution is -2.39. The molecule has 0 unspecified atom stereocenters. The number of hydrogen-bond acceptors (Lipinski definition) is 6. The van der Waals surface area contributed by atoms with Gasteiger partial charge in [0, 0.05) is 0 Å². The van der Waals surface area contributed by atoms with E-state index in [1.165, 1.54) is 28.0 Å². The van der Waals surface area contributed by atoms with Crippen LogP contribution in [-0.2, 0) is 9.53 Å². The molecule has 0 aliphatic carbocycles. The van der Waals surface area contributed by atoms with Gasteiger partial charge >= 0.3 is 5.97 Å². The van der Waals surface area contributed by atoms with Crippen molar-refractivity contribution in [2.75, 3.05) is 6.61 Å². The van der Waals surface area contributed by atoms with E-state index in [9.17, 15) is 14.0 Å². The van der Waals surface area contributed by atoms with Crippen LogP contribution in [0.2, 0.25) is 0 Å². The maximum Gasteiger partial charge on any atom is 0.338 e. The molecule has 0 amide bonds. The van der Waals surface area contributed by atoms with Crippen LogP contribution in [-0.4, -0.2) is 17.1 Å². The molecular formula is C22H19FN2O4S. The summed E-state index contributed by atoms with van der Waals surface area (Å²) < 4.78 is 26.4. The van der Waals surface area contributed by atoms with E-state index in [2.05, 4.69) is 4.99 Å². The molecule has 0 radical (unpaired) electrons. The lowest BCUT2D eigenvalue weighted by molar-refractivity contribution is -0.139. The Morgan fingerprint density at radius 3 is 2.80 bits per heavy atom. The van der Waals surface area contributed by atoms with Gasteiger partial charge in [-0.1, -0.05) is 23.5 Å². The van der Waals surface area contributed by atoms with Gasteiger partial charge in [0.1, 0.15) is 23.4 Å². The van der Waals surface area contributed by atoms with Gasteiger partial charge in [-0.05, 0) is 56.7 Å². The molecule has 1 aromatic carbocycles. The number of aryl methyl sites for hydroxylation is 1. The first-order valence-electron chi connectivity index (χ1n) is 9.40. The SMILES string of the molecule is CCOC(=O)C1=C(C)N=c2s/c(=C\c3cccc(F)c3)c(=O)n2[C@@H]1c1ccc(C)o1. The van der Waals surface area contributed by atoms with E-state index < -0.39 is 12.0 Å². The summed E-state index contributed by atoms with van der Waals surface area (Å²) in [5.41, 5.74) is 0.949. The average Bonchev–Trinajstić information content (AvgIpc) is 3.24. The van der Waals surface area contributed by atoms with Crippen molar-refractivity contribution in [3.05, 3.63) is 90.3 Å². The standard InChI is InChI=1S/C22H19FN2O4S/c1-4-28-21(27)18-13(3)24-22-25(19(18)16-9-8-12(2)29-16)20(26)17(30-22)11-14-6-5-7-15(23)10-14/h5-11,19H,4H2,1-3H3/b17-11-/t19-/m1/s1. The lowest BCUT2D eigenvalue weighted by atomic mass is 10.0. The van der Waals surface area contributed by atoms with E-state index in [-0.39, 0.29) is 23.6 Å². The summed E-state index contributed by atoms with van der Waals surface area (Å²) in [4.78, 5) is 30.9. The maximum absolute atomic E-state index is 13.6. The second-order valence-electron chi connectivity index (χ2n) is 6.81. The van der Waals surface area contributed by atoms with Gasteiger partial charge in [-0.2, -0.15) is 0 Å². The third kappa shape index (κ3) is 3.54. The van der Waals surface area contributed by atoms with Crippen LogP contribution in [0.25, 0.3) is 6.08 Å². The number of halogens is 1. The number of carbonyl (C=O) groups excluding carboxylic acids is 1. The number of aromatic nitrogens is 1. The van der Waals surface area contributed by atoms with Crippen molar-refractivity contribution >= 4 is 23.4 Å². The van der Waals surface area contributed by atoms with Crippen molar-refractivity contribution < 1.29 is 18.3 Å². The molecule has 6 nitrogen and oxygen atoms in total. The second-order valence-corrected chi connectivity index (χ2v) is 7.81. The first kappa shape index (κ1) is 20.0. The van der Waals surface area contributed by atoms with Gasteiger partial charge < -0.3 is 9.15 Å². The molecular weight excluding hydrogens is 407 g/mol. The molecule has 1 atom stereocenters. The average molecular weight is 426 g/mol. The lowest BCUT2D eigenvalue weighted by Gasteiger charge is -2.22. The Kier molecular flexibility index (Phi) is 5.26. The first-order chi connectivity index (χ1) is 14.4. The highest BCUT2D eigenvalue weighted by atomic mass is 32.1. The number of furan rings is 1. The molecule has 3 aromatic rings. The summed E-state index contributed by atoms with van der Waals surface area (Å²) in [6, 6.07) is 8.70. The van der Waals surface area contributed by atoms with Crippen molar-refractivity contribution in [2.24, 2.45) is 4.99 Å². The molecule has 0 spiro atoms. The van der Waals surface area contributed by atoms with Crippen LogP contribution < -0.4 is 14.9 Å². The summed E-state index contributed by atoms with van der Waals surface area (Å²) in [6.45, 7) is 5.41. The van der Waals surface area contributed by atoms with Gasteiger partial charge in [-0.25, -0.2) is 14.2 Å². The van der Waals surface area contributed by atoms with Crippen molar-refractivity contribution in [1.29, 1.82) is 0 Å². The minimum Gasteiger partial charge on any atom is -0.464 e. The molecule has 3 heterocycles. The van der Waals surface area contributed by atoms with E-state index >= 15 is 0 Å². The van der Waals surface area contributed by atoms with Crippen LogP contribution in [0, 0.1) is 12.7 Å². The Bertz CT molecular complexity index is 1350. The molecule has 1 aliphatic heterocycles. The number of nitrogens with zero attached hydrogens (tertiary/aromatic N) is 2. The molecule has 4 rings (SSSR count). The van der Waals surface area contributed by atoms with Gasteiger partial charge in [-0.15, -0.1) is 0 Å². The second kappa shape index (κ2) is 7.87. The Labute approximate surface area is 175 Å². The molecule has 2 aromatic heterocycles. The smallest absolute Gasteiger partial charge is 0.338 e. The molecule has 154 valence electrons. The Hall–Kier alpha value is -3.26. The van der Waals surface area contributed by atoms with Crippen LogP contribution in [0.1, 0.15) is 37.0 Å². The number of allylic oxidation sites excluding steroid dienone is 1. The van der Waals surface area contributed by atoms with Crippen molar-refractivity contribution in [3.63, 3.8) is 0 Å². The van der Waals surface area contributed by atoms with Gasteiger partial charge in [0.15, 0.2) is 4.80 Å². The van der Waals surface area contributed by atoms with E-state index in [0.29, 0.717) is 32.1 Å². The van der Waals surface area contributed by atoms with E-state index in [1.54, 1.807) is 51.1 Å². The number of fused-ring (bicyclic) bond motifs is 1. The quantitative estimate of drug-likeness (QED) is 0.602. The Morgan fingerprint density at radius 2 is 2.13 bits per heavy atom. The molecule has 0 saturated heterocycles. The largest absolute Gasteiger partial charge is 0.464 e. The zero-order valence-corrected chi connectivity index (χ0v) is 17.5. The molecule has 1 aliphatic rings. The van der Waals surface area contributed by atoms with Gasteiger partial charge in [0.2, 0.25) is 0 Å². The van der Waals surface area contributed by atoms with Crippen LogP contribution in [0.3, 0.4) is 0 Å². The molecule has 30 heavy (non-hydrogen) atoms. The van der Waals surface area contributed by atoms with E-state index in [4.69, 9.17) is 9.15 Å². The van der Waals surface area contributed by atoms with Crippen LogP contribution in [0.4, 0.5) is 4.39 Å². The van der Waals surface area contributed by atoms with E-state index in [0.717, 1.165) is 0 Å². The summed E-state index contributed by atoms with van der Waals surface area (Å²) >= 11 is 1.18. The molecule has 0 N–H and O–H groups in total. The monoisotopic (exact) mass is 426 g/mol. The highest BCUT2D eigenvalue weighted by molar-refractivity contribution is 7.07. The Morgan fingerprint density at radius 1 is 1.33 bits per heavy atom. The number of thiazole rings is 1. The fourth-order valence-corrected chi connectivity index (χ4v) is 4.46. The van der Waals surface area contributed by atoms with Crippen LogP contribution in [0.15, 0.2) is 61.9 Å². The number of ether oxygens (including phenoxy) is 1. The highest BCUT2D eigenvalue weighted by Crippen LogP contribution is 2.31. The van der Waals surface area contributed by atoms with Crippen molar-refractivity contribution in [2.45, 2.75) is 26.8 Å².